The Kier molecular flexibility index (Phi) is 6.70. The first-order chi connectivity index (χ1) is 5.99. The van der Waals surface area contributed by atoms with Crippen molar-refractivity contribution in [1.82, 2.24) is 0 Å². The van der Waals surface area contributed by atoms with Crippen molar-refractivity contribution in [1.29, 1.82) is 0 Å². The van der Waals surface area contributed by atoms with Gasteiger partial charge in [-0.2, -0.15) is 0 Å². The van der Waals surface area contributed by atoms with Gasteiger partial charge < -0.3 is 14.2 Å². The van der Waals surface area contributed by atoms with Crippen LogP contribution in [0.25, 0.3) is 0 Å². The molecule has 0 aliphatic heterocycles. The Labute approximate surface area is 82.1 Å². The molecule has 0 amide bonds. The summed E-state index contributed by atoms with van der Waals surface area (Å²) in [4.78, 5) is 0. The first kappa shape index (κ1) is 13.2. The molecule has 0 rings (SSSR count). The molecule has 0 saturated carbocycles. The molecule has 80 valence electrons. The lowest BCUT2D eigenvalue weighted by atomic mass is 10.2. The molecule has 0 spiro atoms. The van der Waals surface area contributed by atoms with Crippen molar-refractivity contribution >= 4 is 22.2 Å². The first-order valence-corrected chi connectivity index (χ1v) is 6.20. The third-order valence-corrected chi connectivity index (χ3v) is 3.25. The van der Waals surface area contributed by atoms with Crippen LogP contribution in [0.2, 0.25) is 0 Å². The first-order valence-electron chi connectivity index (χ1n) is 3.86. The summed E-state index contributed by atoms with van der Waals surface area (Å²) < 4.78 is 38.2. The summed E-state index contributed by atoms with van der Waals surface area (Å²) in [7, 11) is 0. The van der Waals surface area contributed by atoms with Gasteiger partial charge in [0.2, 0.25) is 0 Å². The minimum absolute atomic E-state index is 0.125. The van der Waals surface area contributed by atoms with Gasteiger partial charge in [0.15, 0.2) is 27.6 Å². The molecule has 0 aromatic rings. The van der Waals surface area contributed by atoms with Crippen LogP contribution in [-0.4, -0.2) is 33.3 Å². The molecule has 7 heteroatoms. The van der Waals surface area contributed by atoms with Crippen LogP contribution in [0.3, 0.4) is 0 Å². The highest BCUT2D eigenvalue weighted by atomic mass is 32.2. The molecule has 13 heavy (non-hydrogen) atoms. The highest BCUT2D eigenvalue weighted by molar-refractivity contribution is 7.80. The maximum Gasteiger partial charge on any atom is 0.182 e. The van der Waals surface area contributed by atoms with E-state index in [9.17, 15) is 8.42 Å². The van der Waals surface area contributed by atoms with E-state index in [1.807, 2.05) is 6.92 Å². The van der Waals surface area contributed by atoms with Crippen LogP contribution in [0.1, 0.15) is 26.2 Å². The Hall–Kier alpha value is 0.180. The largest absolute Gasteiger partial charge is 0.377 e. The summed E-state index contributed by atoms with van der Waals surface area (Å²) in [6.07, 6.45) is 1.03. The average molecular weight is 230 g/mol. The molecule has 5 nitrogen and oxygen atoms in total. The zero-order valence-corrected chi connectivity index (χ0v) is 8.88. The smallest absolute Gasteiger partial charge is 0.182 e. The van der Waals surface area contributed by atoms with Gasteiger partial charge in [0, 0.05) is 6.42 Å². The topological polar surface area (TPSA) is 94.8 Å². The summed E-state index contributed by atoms with van der Waals surface area (Å²) in [5.74, 6) is 0. The van der Waals surface area contributed by atoms with Crippen LogP contribution in [0.15, 0.2) is 0 Å². The van der Waals surface area contributed by atoms with Crippen molar-refractivity contribution in [3.63, 3.8) is 0 Å². The molecule has 4 atom stereocenters. The molecule has 0 fully saturated rings. The van der Waals surface area contributed by atoms with E-state index in [4.69, 9.17) is 14.2 Å². The molecule has 0 aliphatic rings. The molecule has 3 N–H and O–H groups in total. The predicted octanol–water partition coefficient (Wildman–Crippen LogP) is 0.307. The zero-order chi connectivity index (χ0) is 10.4. The maximum absolute atomic E-state index is 10.7. The SMILES string of the molecule is CCCC(CC(O)S(=O)O)S(=O)O. The van der Waals surface area contributed by atoms with Crippen molar-refractivity contribution in [2.45, 2.75) is 36.9 Å². The van der Waals surface area contributed by atoms with Crippen molar-refractivity contribution in [3.8, 4) is 0 Å². The van der Waals surface area contributed by atoms with Crippen LogP contribution < -0.4 is 0 Å². The average Bonchev–Trinajstić information content (AvgIpc) is 2.03. The van der Waals surface area contributed by atoms with Crippen LogP contribution in [0.5, 0.6) is 0 Å². The van der Waals surface area contributed by atoms with Gasteiger partial charge in [-0.1, -0.05) is 13.3 Å². The molecule has 0 heterocycles. The Morgan fingerprint density at radius 3 is 2.08 bits per heavy atom. The van der Waals surface area contributed by atoms with Crippen molar-refractivity contribution in [2.75, 3.05) is 0 Å². The van der Waals surface area contributed by atoms with Crippen LogP contribution in [0.4, 0.5) is 0 Å². The Balaban J connectivity index is 4.09. The van der Waals surface area contributed by atoms with E-state index < -0.39 is 32.8 Å². The fourth-order valence-corrected chi connectivity index (χ4v) is 2.23. The monoisotopic (exact) mass is 230 g/mol. The Morgan fingerprint density at radius 1 is 1.23 bits per heavy atom. The quantitative estimate of drug-likeness (QED) is 0.571. The normalized spacial score (nSPS) is 20.6. The van der Waals surface area contributed by atoms with Crippen molar-refractivity contribution in [2.24, 2.45) is 0 Å². The van der Waals surface area contributed by atoms with Gasteiger partial charge in [-0.05, 0) is 6.42 Å². The molecule has 0 aromatic carbocycles. The minimum atomic E-state index is -2.34. The Bertz CT molecular complexity index is 195. The standard InChI is InChI=1S/C6H14O5S2/c1-2-3-5(12(8)9)4-6(7)13(10)11/h5-7H,2-4H2,1H3,(H,8,9)(H,10,11). The van der Waals surface area contributed by atoms with Gasteiger partial charge in [-0.25, -0.2) is 8.42 Å². The number of aliphatic hydroxyl groups excluding tert-OH is 1. The van der Waals surface area contributed by atoms with E-state index in [0.29, 0.717) is 12.8 Å². The van der Waals surface area contributed by atoms with E-state index >= 15 is 0 Å². The molecule has 0 aromatic heterocycles. The lowest BCUT2D eigenvalue weighted by molar-refractivity contribution is 0.231. The summed E-state index contributed by atoms with van der Waals surface area (Å²) in [6, 6.07) is 0. The molecule has 0 saturated heterocycles. The predicted molar refractivity (Wildman–Crippen MR) is 50.9 cm³/mol. The third kappa shape index (κ3) is 5.48. The van der Waals surface area contributed by atoms with Gasteiger partial charge >= 0.3 is 0 Å². The molecular weight excluding hydrogens is 216 g/mol. The fourth-order valence-electron chi connectivity index (χ4n) is 0.930. The van der Waals surface area contributed by atoms with Crippen LogP contribution >= 0.6 is 0 Å². The van der Waals surface area contributed by atoms with Crippen molar-refractivity contribution < 1.29 is 22.6 Å². The van der Waals surface area contributed by atoms with Gasteiger partial charge in [-0.3, -0.25) is 0 Å². The lowest BCUT2D eigenvalue weighted by Crippen LogP contribution is -2.24. The number of hydrogen-bond acceptors (Lipinski definition) is 3. The molecular formula is C6H14O5S2. The summed E-state index contributed by atoms with van der Waals surface area (Å²) >= 11 is -4.39. The van der Waals surface area contributed by atoms with Gasteiger partial charge in [0.25, 0.3) is 0 Å². The van der Waals surface area contributed by atoms with Crippen LogP contribution in [0, 0.1) is 0 Å². The van der Waals surface area contributed by atoms with Gasteiger partial charge in [-0.15, -0.1) is 0 Å². The molecule has 0 aliphatic carbocycles. The number of hydrogen-bond donors (Lipinski definition) is 3. The fraction of sp³-hybridized carbons (Fsp3) is 1.00. The maximum atomic E-state index is 10.7. The highest BCUT2D eigenvalue weighted by Crippen LogP contribution is 2.12. The van der Waals surface area contributed by atoms with Gasteiger partial charge in [0.1, 0.15) is 0 Å². The Morgan fingerprint density at radius 2 is 1.77 bits per heavy atom. The molecule has 0 bridgehead atoms. The van der Waals surface area contributed by atoms with E-state index in [0.717, 1.165) is 0 Å². The van der Waals surface area contributed by atoms with Crippen molar-refractivity contribution in [3.05, 3.63) is 0 Å². The second-order valence-electron chi connectivity index (χ2n) is 2.65. The second kappa shape index (κ2) is 6.61. The van der Waals surface area contributed by atoms with E-state index in [1.165, 1.54) is 0 Å². The van der Waals surface area contributed by atoms with E-state index in [-0.39, 0.29) is 6.42 Å². The second-order valence-corrected chi connectivity index (χ2v) is 4.97. The number of aliphatic hydroxyl groups is 1. The minimum Gasteiger partial charge on any atom is -0.377 e. The van der Waals surface area contributed by atoms with E-state index in [1.54, 1.807) is 0 Å². The molecule has 0 radical (unpaired) electrons. The summed E-state index contributed by atoms with van der Waals surface area (Å²) in [6.45, 7) is 1.84. The summed E-state index contributed by atoms with van der Waals surface area (Å²) in [5.41, 5.74) is -1.44. The lowest BCUT2D eigenvalue weighted by Gasteiger charge is -2.13. The summed E-state index contributed by atoms with van der Waals surface area (Å²) in [5, 5.41) is 8.35. The van der Waals surface area contributed by atoms with Gasteiger partial charge in [0.05, 0.1) is 5.25 Å². The third-order valence-electron chi connectivity index (χ3n) is 1.59. The van der Waals surface area contributed by atoms with Crippen LogP contribution in [-0.2, 0) is 22.2 Å². The highest BCUT2D eigenvalue weighted by Gasteiger charge is 2.21. The zero-order valence-electron chi connectivity index (χ0n) is 7.25. The number of rotatable bonds is 6. The van der Waals surface area contributed by atoms with E-state index in [2.05, 4.69) is 0 Å². The molecule has 4 unspecified atom stereocenters.